The van der Waals surface area contributed by atoms with Crippen molar-refractivity contribution in [1.82, 2.24) is 4.90 Å². The SMILES string of the molecule is Cc1cc(C)c(NC(=O)CC(=O)N2CCC3(CC2)OCCO3)c(Cl)c1. The van der Waals surface area contributed by atoms with E-state index in [1.165, 1.54) is 0 Å². The molecule has 2 saturated heterocycles. The third kappa shape index (κ3) is 4.14. The van der Waals surface area contributed by atoms with Crippen LogP contribution in [-0.4, -0.2) is 48.8 Å². The Balaban J connectivity index is 1.54. The first-order valence-corrected chi connectivity index (χ1v) is 8.89. The second-order valence-electron chi connectivity index (χ2n) is 6.65. The number of hydrogen-bond donors (Lipinski definition) is 1. The summed E-state index contributed by atoms with van der Waals surface area (Å²) in [7, 11) is 0. The molecule has 136 valence electrons. The minimum absolute atomic E-state index is 0.189. The molecule has 2 amide bonds. The van der Waals surface area contributed by atoms with Gasteiger partial charge in [-0.25, -0.2) is 0 Å². The van der Waals surface area contributed by atoms with Crippen molar-refractivity contribution in [1.29, 1.82) is 0 Å². The average Bonchev–Trinajstić information content (AvgIpc) is 2.99. The van der Waals surface area contributed by atoms with Gasteiger partial charge in [-0.15, -0.1) is 0 Å². The molecule has 0 radical (unpaired) electrons. The van der Waals surface area contributed by atoms with Gasteiger partial charge in [0.25, 0.3) is 0 Å². The van der Waals surface area contributed by atoms with Gasteiger partial charge in [-0.2, -0.15) is 0 Å². The summed E-state index contributed by atoms with van der Waals surface area (Å²) in [4.78, 5) is 26.3. The molecule has 0 unspecified atom stereocenters. The zero-order valence-electron chi connectivity index (χ0n) is 14.6. The van der Waals surface area contributed by atoms with E-state index in [9.17, 15) is 9.59 Å². The molecule has 2 aliphatic rings. The first kappa shape index (κ1) is 18.2. The van der Waals surface area contributed by atoms with Gasteiger partial charge in [0.1, 0.15) is 6.42 Å². The van der Waals surface area contributed by atoms with Gasteiger partial charge in [0.05, 0.1) is 23.9 Å². The van der Waals surface area contributed by atoms with Crippen molar-refractivity contribution in [3.8, 4) is 0 Å². The van der Waals surface area contributed by atoms with Crippen molar-refractivity contribution in [2.24, 2.45) is 0 Å². The van der Waals surface area contributed by atoms with E-state index in [1.807, 2.05) is 19.9 Å². The Morgan fingerprint density at radius 1 is 1.20 bits per heavy atom. The fourth-order valence-electron chi connectivity index (χ4n) is 3.39. The Hall–Kier alpha value is -1.63. The molecule has 1 N–H and O–H groups in total. The average molecular weight is 367 g/mol. The predicted molar refractivity (Wildman–Crippen MR) is 94.6 cm³/mol. The van der Waals surface area contributed by atoms with Crippen LogP contribution < -0.4 is 5.32 Å². The molecular formula is C18H23ClN2O4. The Morgan fingerprint density at radius 2 is 1.84 bits per heavy atom. The highest BCUT2D eigenvalue weighted by atomic mass is 35.5. The zero-order chi connectivity index (χ0) is 18.0. The molecule has 1 aromatic rings. The minimum atomic E-state index is -0.522. The van der Waals surface area contributed by atoms with Gasteiger partial charge >= 0.3 is 0 Å². The number of rotatable bonds is 3. The number of anilines is 1. The van der Waals surface area contributed by atoms with Crippen molar-refractivity contribution in [2.45, 2.75) is 38.9 Å². The fraction of sp³-hybridized carbons (Fsp3) is 0.556. The van der Waals surface area contributed by atoms with E-state index in [2.05, 4.69) is 5.32 Å². The standard InChI is InChI=1S/C18H23ClN2O4/c1-12-9-13(2)17(14(19)10-12)20-15(22)11-16(23)21-5-3-18(4-6-21)24-7-8-25-18/h9-10H,3-8,11H2,1-2H3,(H,20,22). The van der Waals surface area contributed by atoms with Crippen LogP contribution >= 0.6 is 11.6 Å². The molecule has 2 heterocycles. The van der Waals surface area contributed by atoms with Crippen LogP contribution in [0.2, 0.25) is 5.02 Å². The molecule has 1 spiro atoms. The number of likely N-dealkylation sites (tertiary alicyclic amines) is 1. The normalized spacial score (nSPS) is 19.2. The number of benzene rings is 1. The molecule has 6 nitrogen and oxygen atoms in total. The highest BCUT2D eigenvalue weighted by Crippen LogP contribution is 2.31. The highest BCUT2D eigenvalue weighted by Gasteiger charge is 2.40. The maximum Gasteiger partial charge on any atom is 0.233 e. The van der Waals surface area contributed by atoms with Crippen LogP contribution in [-0.2, 0) is 19.1 Å². The number of hydrogen-bond acceptors (Lipinski definition) is 4. The van der Waals surface area contributed by atoms with Crippen LogP contribution in [0.5, 0.6) is 0 Å². The molecule has 0 aliphatic carbocycles. The topological polar surface area (TPSA) is 67.9 Å². The third-order valence-electron chi connectivity index (χ3n) is 4.70. The van der Waals surface area contributed by atoms with Crippen molar-refractivity contribution in [3.63, 3.8) is 0 Å². The van der Waals surface area contributed by atoms with E-state index in [4.69, 9.17) is 21.1 Å². The van der Waals surface area contributed by atoms with E-state index >= 15 is 0 Å². The minimum Gasteiger partial charge on any atom is -0.347 e. The first-order valence-electron chi connectivity index (χ1n) is 8.51. The number of piperidine rings is 1. The number of carbonyl (C=O) groups excluding carboxylic acids is 2. The molecular weight excluding hydrogens is 344 g/mol. The van der Waals surface area contributed by atoms with Crippen LogP contribution in [0.1, 0.15) is 30.4 Å². The van der Waals surface area contributed by atoms with Crippen LogP contribution in [0.15, 0.2) is 12.1 Å². The zero-order valence-corrected chi connectivity index (χ0v) is 15.3. The summed E-state index contributed by atoms with van der Waals surface area (Å²) in [6, 6.07) is 3.73. The number of aryl methyl sites for hydroxylation is 2. The predicted octanol–water partition coefficient (Wildman–Crippen LogP) is 2.65. The van der Waals surface area contributed by atoms with Crippen molar-refractivity contribution in [3.05, 3.63) is 28.3 Å². The summed E-state index contributed by atoms with van der Waals surface area (Å²) in [5.74, 6) is -1.07. The van der Waals surface area contributed by atoms with E-state index in [0.29, 0.717) is 49.9 Å². The van der Waals surface area contributed by atoms with E-state index in [1.54, 1.807) is 11.0 Å². The second kappa shape index (κ2) is 7.32. The van der Waals surface area contributed by atoms with Gasteiger partial charge in [-0.1, -0.05) is 17.7 Å². The monoisotopic (exact) mass is 366 g/mol. The lowest BCUT2D eigenvalue weighted by molar-refractivity contribution is -0.187. The Bertz CT molecular complexity index is 653. The Labute approximate surface area is 152 Å². The molecule has 2 fully saturated rings. The van der Waals surface area contributed by atoms with Crippen LogP contribution in [0, 0.1) is 13.8 Å². The number of nitrogens with one attached hydrogen (secondary N) is 1. The van der Waals surface area contributed by atoms with Gasteiger partial charge in [0, 0.05) is 25.9 Å². The number of carbonyl (C=O) groups is 2. The lowest BCUT2D eigenvalue weighted by atomic mass is 10.0. The van der Waals surface area contributed by atoms with Crippen molar-refractivity contribution >= 4 is 29.1 Å². The van der Waals surface area contributed by atoms with Gasteiger partial charge in [0.15, 0.2) is 5.79 Å². The number of amides is 2. The molecule has 2 aliphatic heterocycles. The van der Waals surface area contributed by atoms with Crippen LogP contribution in [0.4, 0.5) is 5.69 Å². The third-order valence-corrected chi connectivity index (χ3v) is 5.00. The lowest BCUT2D eigenvalue weighted by Crippen LogP contribution is -2.47. The number of ether oxygens (including phenoxy) is 2. The van der Waals surface area contributed by atoms with Crippen LogP contribution in [0.25, 0.3) is 0 Å². The summed E-state index contributed by atoms with van der Waals surface area (Å²) in [6.07, 6.45) is 1.09. The molecule has 0 saturated carbocycles. The largest absolute Gasteiger partial charge is 0.347 e. The molecule has 0 aromatic heterocycles. The van der Waals surface area contributed by atoms with Gasteiger partial charge in [-0.05, 0) is 31.0 Å². The molecule has 0 bridgehead atoms. The summed E-state index contributed by atoms with van der Waals surface area (Å²) in [5, 5.41) is 3.24. The van der Waals surface area contributed by atoms with Crippen LogP contribution in [0.3, 0.4) is 0 Å². The van der Waals surface area contributed by atoms with E-state index < -0.39 is 5.79 Å². The molecule has 1 aromatic carbocycles. The number of halogens is 1. The van der Waals surface area contributed by atoms with Gasteiger partial charge < -0.3 is 19.7 Å². The van der Waals surface area contributed by atoms with Gasteiger partial charge in [-0.3, -0.25) is 9.59 Å². The summed E-state index contributed by atoms with van der Waals surface area (Å²) in [6.45, 7) is 6.10. The Kier molecular flexibility index (Phi) is 5.32. The van der Waals surface area contributed by atoms with E-state index in [-0.39, 0.29) is 18.2 Å². The lowest BCUT2D eigenvalue weighted by Gasteiger charge is -2.37. The number of nitrogens with zero attached hydrogens (tertiary/aromatic N) is 1. The molecule has 0 atom stereocenters. The fourth-order valence-corrected chi connectivity index (χ4v) is 3.76. The van der Waals surface area contributed by atoms with E-state index in [0.717, 1.165) is 11.1 Å². The van der Waals surface area contributed by atoms with Gasteiger partial charge in [0.2, 0.25) is 11.8 Å². The molecule has 25 heavy (non-hydrogen) atoms. The molecule has 7 heteroatoms. The first-order chi connectivity index (χ1) is 11.9. The van der Waals surface area contributed by atoms with Crippen molar-refractivity contribution < 1.29 is 19.1 Å². The maximum atomic E-state index is 12.4. The summed E-state index contributed by atoms with van der Waals surface area (Å²) < 4.78 is 11.3. The van der Waals surface area contributed by atoms with Crippen molar-refractivity contribution in [2.75, 3.05) is 31.6 Å². The summed E-state index contributed by atoms with van der Waals surface area (Å²) in [5.41, 5.74) is 2.46. The Morgan fingerprint density at radius 3 is 2.44 bits per heavy atom. The quantitative estimate of drug-likeness (QED) is 0.835. The highest BCUT2D eigenvalue weighted by molar-refractivity contribution is 6.34. The second-order valence-corrected chi connectivity index (χ2v) is 7.06. The smallest absolute Gasteiger partial charge is 0.233 e. The maximum absolute atomic E-state index is 12.4. The summed E-state index contributed by atoms with van der Waals surface area (Å²) >= 11 is 6.20. The molecule has 3 rings (SSSR count).